The first-order valence-corrected chi connectivity index (χ1v) is 16.8. The van der Waals surface area contributed by atoms with E-state index in [9.17, 15) is 5.26 Å². The van der Waals surface area contributed by atoms with Gasteiger partial charge in [-0.2, -0.15) is 15.3 Å². The first-order chi connectivity index (χ1) is 22.5. The molecular weight excluding hydrogens is 599 g/mol. The second kappa shape index (κ2) is 11.3. The van der Waals surface area contributed by atoms with E-state index >= 15 is 0 Å². The van der Waals surface area contributed by atoms with Crippen LogP contribution in [0.2, 0.25) is 0 Å². The van der Waals surface area contributed by atoms with Crippen LogP contribution in [-0.4, -0.2) is 60.5 Å². The van der Waals surface area contributed by atoms with Crippen LogP contribution in [0, 0.1) is 11.3 Å². The number of hydrogen-bond donors (Lipinski definition) is 1. The largest absolute Gasteiger partial charge is 0.473 e. The van der Waals surface area contributed by atoms with Crippen LogP contribution < -0.4 is 10.5 Å². The molecule has 234 valence electrons. The van der Waals surface area contributed by atoms with Crippen LogP contribution in [0.5, 0.6) is 5.88 Å². The average Bonchev–Trinajstić information content (AvgIpc) is 3.87. The minimum absolute atomic E-state index is 0.0796. The van der Waals surface area contributed by atoms with Crippen molar-refractivity contribution in [1.29, 1.82) is 5.26 Å². The summed E-state index contributed by atoms with van der Waals surface area (Å²) in [6.45, 7) is 3.16. The van der Waals surface area contributed by atoms with Crippen molar-refractivity contribution in [2.75, 3.05) is 19.3 Å². The number of nitrogens with zero attached hydrogens (tertiary/aromatic N) is 8. The zero-order chi connectivity index (χ0) is 31.4. The number of pyridine rings is 1. The third kappa shape index (κ3) is 4.60. The van der Waals surface area contributed by atoms with Crippen molar-refractivity contribution < 1.29 is 9.26 Å². The molecule has 8 rings (SSSR count). The number of thiophene rings is 1. The van der Waals surface area contributed by atoms with E-state index < -0.39 is 5.41 Å². The van der Waals surface area contributed by atoms with Crippen molar-refractivity contribution in [2.45, 2.75) is 75.9 Å². The molecular formula is C34H35N9O2S. The van der Waals surface area contributed by atoms with E-state index in [-0.39, 0.29) is 6.10 Å². The lowest BCUT2D eigenvalue weighted by Gasteiger charge is -2.39. The van der Waals surface area contributed by atoms with E-state index in [0.717, 1.165) is 86.1 Å². The highest BCUT2D eigenvalue weighted by Gasteiger charge is 2.49. The molecule has 2 aliphatic carbocycles. The maximum Gasteiger partial charge on any atom is 0.219 e. The maximum atomic E-state index is 10.1. The highest BCUT2D eigenvalue weighted by atomic mass is 32.1. The molecule has 3 atom stereocenters. The first kappa shape index (κ1) is 28.8. The van der Waals surface area contributed by atoms with Gasteiger partial charge in [0.15, 0.2) is 23.1 Å². The predicted octanol–water partition coefficient (Wildman–Crippen LogP) is 5.71. The van der Waals surface area contributed by atoms with E-state index in [1.54, 1.807) is 23.3 Å². The lowest BCUT2D eigenvalue weighted by Crippen LogP contribution is -2.38. The van der Waals surface area contributed by atoms with Crippen LogP contribution in [0.1, 0.15) is 72.8 Å². The summed E-state index contributed by atoms with van der Waals surface area (Å²) in [7, 11) is 2.14. The molecule has 1 fully saturated rings. The summed E-state index contributed by atoms with van der Waals surface area (Å²) < 4.78 is 14.7. The topological polar surface area (TPSA) is 145 Å². The smallest absolute Gasteiger partial charge is 0.219 e. The van der Waals surface area contributed by atoms with Crippen LogP contribution in [0.3, 0.4) is 0 Å². The Balaban J connectivity index is 1.26. The van der Waals surface area contributed by atoms with Crippen molar-refractivity contribution in [1.82, 2.24) is 34.8 Å². The quantitative estimate of drug-likeness (QED) is 0.247. The highest BCUT2D eigenvalue weighted by Crippen LogP contribution is 2.55. The number of likely N-dealkylation sites (N-methyl/N-ethyl adjacent to an activating group) is 1. The summed E-state index contributed by atoms with van der Waals surface area (Å²) in [5, 5.41) is 20.0. The molecule has 12 heteroatoms. The van der Waals surface area contributed by atoms with E-state index in [4.69, 9.17) is 25.0 Å². The molecule has 1 saturated heterocycles. The van der Waals surface area contributed by atoms with E-state index in [0.29, 0.717) is 39.8 Å². The number of nitrogens with two attached hydrogens (primary N) is 1. The van der Waals surface area contributed by atoms with Crippen molar-refractivity contribution in [2.24, 2.45) is 0 Å². The number of nitriles is 1. The van der Waals surface area contributed by atoms with Crippen LogP contribution in [0.25, 0.3) is 28.6 Å². The van der Waals surface area contributed by atoms with Gasteiger partial charge in [0.2, 0.25) is 5.88 Å². The Hall–Kier alpha value is -4.60. The van der Waals surface area contributed by atoms with Gasteiger partial charge in [-0.05, 0) is 95.6 Å². The molecule has 1 spiro atoms. The van der Waals surface area contributed by atoms with Gasteiger partial charge in [-0.1, -0.05) is 5.16 Å². The maximum absolute atomic E-state index is 10.1. The van der Waals surface area contributed by atoms with Crippen molar-refractivity contribution >= 4 is 16.3 Å². The molecule has 6 heterocycles. The lowest BCUT2D eigenvalue weighted by molar-refractivity contribution is 0.117. The third-order valence-corrected chi connectivity index (χ3v) is 11.1. The Morgan fingerprint density at radius 2 is 1.96 bits per heavy atom. The van der Waals surface area contributed by atoms with E-state index in [1.807, 2.05) is 24.3 Å². The Kier molecular flexibility index (Phi) is 7.10. The Morgan fingerprint density at radius 1 is 1.13 bits per heavy atom. The SMILES string of the molecule is C[C@H](Oc1cc(-n2nccc2-c2ccncc2)nc(-c2noc3c2CCC[C@@]32CCCc3sc(N)c(C#N)c32)n1)[C@@H]1CCCN1C. The monoisotopic (exact) mass is 633 g/mol. The number of ether oxygens (including phenoxy) is 1. The van der Waals surface area contributed by atoms with Gasteiger partial charge in [0.1, 0.15) is 17.2 Å². The number of hydrogen-bond acceptors (Lipinski definition) is 11. The van der Waals surface area contributed by atoms with Crippen LogP contribution in [0.15, 0.2) is 47.4 Å². The van der Waals surface area contributed by atoms with Gasteiger partial charge in [-0.15, -0.1) is 11.3 Å². The normalized spacial score (nSPS) is 21.5. The van der Waals surface area contributed by atoms with Gasteiger partial charge < -0.3 is 15.0 Å². The average molecular weight is 634 g/mol. The Morgan fingerprint density at radius 3 is 2.74 bits per heavy atom. The van der Waals surface area contributed by atoms with Crippen molar-refractivity contribution in [3.05, 3.63) is 70.2 Å². The van der Waals surface area contributed by atoms with Gasteiger partial charge >= 0.3 is 0 Å². The summed E-state index contributed by atoms with van der Waals surface area (Å²) in [6, 6.07) is 10.4. The summed E-state index contributed by atoms with van der Waals surface area (Å²) >= 11 is 1.54. The number of nitrogen functional groups attached to an aromatic ring is 1. The Labute approximate surface area is 271 Å². The summed E-state index contributed by atoms with van der Waals surface area (Å²) in [4.78, 5) is 17.7. The van der Waals surface area contributed by atoms with Gasteiger partial charge in [0, 0.05) is 40.5 Å². The fourth-order valence-corrected chi connectivity index (χ4v) is 9.09. The predicted molar refractivity (Wildman–Crippen MR) is 174 cm³/mol. The van der Waals surface area contributed by atoms with Crippen molar-refractivity contribution in [3.8, 4) is 40.5 Å². The summed E-state index contributed by atoms with van der Waals surface area (Å²) in [6.07, 6.45) is 12.8. The molecule has 1 aliphatic heterocycles. The van der Waals surface area contributed by atoms with Gasteiger partial charge in [0.05, 0.1) is 22.9 Å². The minimum atomic E-state index is -0.430. The van der Waals surface area contributed by atoms with Gasteiger partial charge in [-0.25, -0.2) is 9.67 Å². The summed E-state index contributed by atoms with van der Waals surface area (Å²) in [5.41, 5.74) is 11.0. The molecule has 0 amide bonds. The number of aromatic nitrogens is 6. The van der Waals surface area contributed by atoms with E-state index in [1.165, 1.54) is 16.2 Å². The standard InChI is InChI=1S/C34H35N9O2S/c1-20(24-7-5-17-42(24)2)44-28-18-27(43-25(11-16-38-43)21-9-14-37-15-10-21)39-33(40-28)30-22-6-3-12-34(31(22)45-41-30)13-4-8-26-29(34)23(19-35)32(36)46-26/h9-11,14-16,18,20,24H,3-8,12-13,17,36H2,1-2H3/t20-,24-,34-/m0/s1. The zero-order valence-electron chi connectivity index (χ0n) is 25.9. The molecule has 0 bridgehead atoms. The highest BCUT2D eigenvalue weighted by molar-refractivity contribution is 7.16. The summed E-state index contributed by atoms with van der Waals surface area (Å²) in [5.74, 6) is 2.28. The molecule has 0 aromatic carbocycles. The molecule has 46 heavy (non-hydrogen) atoms. The number of rotatable bonds is 6. The minimum Gasteiger partial charge on any atom is -0.473 e. The first-order valence-electron chi connectivity index (χ1n) is 16.0. The lowest BCUT2D eigenvalue weighted by atomic mass is 9.63. The molecule has 0 saturated carbocycles. The molecule has 11 nitrogen and oxygen atoms in total. The molecule has 0 unspecified atom stereocenters. The number of anilines is 1. The second-order valence-electron chi connectivity index (χ2n) is 12.6. The second-order valence-corrected chi connectivity index (χ2v) is 13.8. The van der Waals surface area contributed by atoms with Gasteiger partial charge in [-0.3, -0.25) is 9.88 Å². The fraction of sp³-hybridized carbons (Fsp3) is 0.412. The number of fused-ring (bicyclic) bond motifs is 4. The number of aryl methyl sites for hydroxylation is 1. The number of likely N-dealkylation sites (tertiary alicyclic amines) is 1. The third-order valence-electron chi connectivity index (χ3n) is 10.0. The Bertz CT molecular complexity index is 1950. The van der Waals surface area contributed by atoms with Gasteiger partial charge in [0.25, 0.3) is 0 Å². The van der Waals surface area contributed by atoms with E-state index in [2.05, 4.69) is 40.2 Å². The molecule has 5 aromatic rings. The zero-order valence-corrected chi connectivity index (χ0v) is 26.8. The van der Waals surface area contributed by atoms with Crippen LogP contribution in [0.4, 0.5) is 5.00 Å². The molecule has 2 N–H and O–H groups in total. The molecule has 3 aliphatic rings. The van der Waals surface area contributed by atoms with Crippen LogP contribution in [-0.2, 0) is 18.3 Å². The molecule has 5 aromatic heterocycles. The van der Waals surface area contributed by atoms with Crippen molar-refractivity contribution in [3.63, 3.8) is 0 Å². The van der Waals surface area contributed by atoms with Crippen LogP contribution >= 0.6 is 11.3 Å². The fourth-order valence-electron chi connectivity index (χ4n) is 7.93. The molecule has 0 radical (unpaired) electrons.